The average Bonchev–Trinajstić information content (AvgIpc) is 2.76. The minimum Gasteiger partial charge on any atom is -0.359 e. The Kier molecular flexibility index (Phi) is 3.72. The summed E-state index contributed by atoms with van der Waals surface area (Å²) in [5.74, 6) is 0.0486. The van der Waals surface area contributed by atoms with Gasteiger partial charge in [-0.1, -0.05) is 6.07 Å². The van der Waals surface area contributed by atoms with Crippen LogP contribution in [0.4, 0.5) is 0 Å². The number of carbonyl (C=O) groups excluding carboxylic acids is 1. The lowest BCUT2D eigenvalue weighted by molar-refractivity contribution is -0.120. The molecule has 0 aliphatic rings. The average molecular weight is 232 g/mol. The van der Waals surface area contributed by atoms with Crippen molar-refractivity contribution >= 4 is 11.6 Å². The van der Waals surface area contributed by atoms with Gasteiger partial charge in [-0.15, -0.1) is 0 Å². The fourth-order valence-corrected chi connectivity index (χ4v) is 1.62. The Labute approximate surface area is 99.9 Å². The van der Waals surface area contributed by atoms with E-state index in [1.807, 2.05) is 35.0 Å². The third-order valence-electron chi connectivity index (χ3n) is 2.53. The first-order valence-corrected chi connectivity index (χ1v) is 5.63. The number of fused-ring (bicyclic) bond motifs is 1. The van der Waals surface area contributed by atoms with E-state index in [4.69, 9.17) is 0 Å². The minimum absolute atomic E-state index is 0.0486. The second-order valence-corrected chi connectivity index (χ2v) is 3.80. The summed E-state index contributed by atoms with van der Waals surface area (Å²) in [4.78, 5) is 15.4. The highest BCUT2D eigenvalue weighted by Crippen LogP contribution is 2.03. The quantitative estimate of drug-likeness (QED) is 0.741. The van der Waals surface area contributed by atoms with Crippen LogP contribution in [0.15, 0.2) is 30.6 Å². The van der Waals surface area contributed by atoms with Gasteiger partial charge in [0.25, 0.3) is 0 Å². The molecule has 0 aromatic carbocycles. The van der Waals surface area contributed by atoms with E-state index in [1.54, 1.807) is 7.05 Å². The predicted octanol–water partition coefficient (Wildman–Crippen LogP) is 0.560. The van der Waals surface area contributed by atoms with Crippen LogP contribution in [0.5, 0.6) is 0 Å². The molecule has 1 amide bonds. The van der Waals surface area contributed by atoms with Gasteiger partial charge in [-0.05, 0) is 12.1 Å². The molecule has 0 bridgehead atoms. The smallest absolute Gasteiger partial charge is 0.221 e. The van der Waals surface area contributed by atoms with Crippen molar-refractivity contribution < 1.29 is 4.79 Å². The first kappa shape index (κ1) is 11.6. The highest BCUT2D eigenvalue weighted by atomic mass is 16.1. The molecule has 0 unspecified atom stereocenters. The maximum absolute atomic E-state index is 11.0. The van der Waals surface area contributed by atoms with Crippen LogP contribution in [0.1, 0.15) is 12.1 Å². The van der Waals surface area contributed by atoms with Crippen LogP contribution in [0, 0.1) is 0 Å². The summed E-state index contributed by atoms with van der Waals surface area (Å²) in [6.07, 6.45) is 4.45. The lowest BCUT2D eigenvalue weighted by Gasteiger charge is -2.01. The number of amides is 1. The number of pyridine rings is 1. The molecule has 2 aromatic heterocycles. The molecule has 0 aliphatic carbocycles. The zero-order valence-electron chi connectivity index (χ0n) is 9.81. The molecule has 5 nitrogen and oxygen atoms in total. The largest absolute Gasteiger partial charge is 0.359 e. The zero-order chi connectivity index (χ0) is 12.1. The lowest BCUT2D eigenvalue weighted by atomic mass is 10.4. The Bertz CT molecular complexity index is 473. The van der Waals surface area contributed by atoms with Crippen LogP contribution < -0.4 is 10.6 Å². The zero-order valence-corrected chi connectivity index (χ0v) is 9.81. The second kappa shape index (κ2) is 5.45. The number of carbonyl (C=O) groups is 1. The summed E-state index contributed by atoms with van der Waals surface area (Å²) in [7, 11) is 1.64. The second-order valence-electron chi connectivity index (χ2n) is 3.80. The highest BCUT2D eigenvalue weighted by Gasteiger charge is 2.01. The van der Waals surface area contributed by atoms with Crippen molar-refractivity contribution in [3.63, 3.8) is 0 Å². The van der Waals surface area contributed by atoms with E-state index in [-0.39, 0.29) is 5.91 Å². The lowest BCUT2D eigenvalue weighted by Crippen LogP contribution is -2.24. The molecule has 0 fully saturated rings. The van der Waals surface area contributed by atoms with Crippen molar-refractivity contribution in [2.45, 2.75) is 13.0 Å². The van der Waals surface area contributed by atoms with E-state index < -0.39 is 0 Å². The van der Waals surface area contributed by atoms with Crippen molar-refractivity contribution in [1.82, 2.24) is 20.0 Å². The summed E-state index contributed by atoms with van der Waals surface area (Å²) >= 11 is 0. The Hall–Kier alpha value is -1.88. The molecule has 0 saturated heterocycles. The van der Waals surface area contributed by atoms with Crippen LogP contribution >= 0.6 is 0 Å². The Morgan fingerprint density at radius 1 is 1.47 bits per heavy atom. The number of nitrogens with zero attached hydrogens (tertiary/aromatic N) is 2. The van der Waals surface area contributed by atoms with Gasteiger partial charge in [0.2, 0.25) is 5.91 Å². The van der Waals surface area contributed by atoms with Gasteiger partial charge < -0.3 is 15.0 Å². The van der Waals surface area contributed by atoms with Crippen LogP contribution in [-0.2, 0) is 11.3 Å². The van der Waals surface area contributed by atoms with E-state index in [1.165, 1.54) is 0 Å². The molecule has 90 valence electrons. The first-order valence-electron chi connectivity index (χ1n) is 5.63. The third-order valence-corrected chi connectivity index (χ3v) is 2.53. The number of hydrogen-bond acceptors (Lipinski definition) is 3. The van der Waals surface area contributed by atoms with E-state index in [0.717, 1.165) is 11.3 Å². The van der Waals surface area contributed by atoms with Gasteiger partial charge in [0.15, 0.2) is 0 Å². The van der Waals surface area contributed by atoms with E-state index in [9.17, 15) is 4.79 Å². The molecule has 0 atom stereocenters. The summed E-state index contributed by atoms with van der Waals surface area (Å²) in [5, 5.41) is 5.78. The third kappa shape index (κ3) is 3.04. The van der Waals surface area contributed by atoms with Gasteiger partial charge in [0.1, 0.15) is 5.65 Å². The van der Waals surface area contributed by atoms with Gasteiger partial charge in [0.05, 0.1) is 5.69 Å². The van der Waals surface area contributed by atoms with Gasteiger partial charge >= 0.3 is 0 Å². The fraction of sp³-hybridized carbons (Fsp3) is 0.333. The van der Waals surface area contributed by atoms with Gasteiger partial charge in [-0.25, -0.2) is 4.98 Å². The number of nitrogens with one attached hydrogen (secondary N) is 2. The van der Waals surface area contributed by atoms with Gasteiger partial charge in [0, 0.05) is 39.0 Å². The van der Waals surface area contributed by atoms with E-state index in [0.29, 0.717) is 19.5 Å². The summed E-state index contributed by atoms with van der Waals surface area (Å²) in [6, 6.07) is 5.90. The molecule has 0 spiro atoms. The Morgan fingerprint density at radius 2 is 2.35 bits per heavy atom. The maximum atomic E-state index is 11.0. The van der Waals surface area contributed by atoms with Gasteiger partial charge in [-0.2, -0.15) is 0 Å². The van der Waals surface area contributed by atoms with Crippen molar-refractivity contribution in [2.75, 3.05) is 13.6 Å². The van der Waals surface area contributed by atoms with Crippen LogP contribution in [0.2, 0.25) is 0 Å². The number of hydrogen-bond donors (Lipinski definition) is 2. The van der Waals surface area contributed by atoms with Crippen LogP contribution in [0.3, 0.4) is 0 Å². The molecule has 17 heavy (non-hydrogen) atoms. The maximum Gasteiger partial charge on any atom is 0.221 e. The topological polar surface area (TPSA) is 58.4 Å². The SMILES string of the molecule is CNC(=O)CCNCc1cn2ccccc2n1. The monoisotopic (exact) mass is 232 g/mol. The molecular formula is C12H16N4O. The number of aromatic nitrogens is 2. The molecule has 2 N–H and O–H groups in total. The number of rotatable bonds is 5. The van der Waals surface area contributed by atoms with Crippen molar-refractivity contribution in [3.8, 4) is 0 Å². The molecule has 5 heteroatoms. The van der Waals surface area contributed by atoms with E-state index >= 15 is 0 Å². The molecule has 2 heterocycles. The summed E-state index contributed by atoms with van der Waals surface area (Å²) in [6.45, 7) is 1.34. The molecule has 2 rings (SSSR count). The standard InChI is InChI=1S/C12H16N4O/c1-13-12(17)5-6-14-8-10-9-16-7-3-2-4-11(16)15-10/h2-4,7,9,14H,5-6,8H2,1H3,(H,13,17). The predicted molar refractivity (Wildman–Crippen MR) is 65.6 cm³/mol. The van der Waals surface area contributed by atoms with E-state index in [2.05, 4.69) is 15.6 Å². The highest BCUT2D eigenvalue weighted by molar-refractivity contribution is 5.75. The van der Waals surface area contributed by atoms with Crippen LogP contribution in [-0.4, -0.2) is 28.9 Å². The van der Waals surface area contributed by atoms with Crippen molar-refractivity contribution in [1.29, 1.82) is 0 Å². The first-order chi connectivity index (χ1) is 8.29. The van der Waals surface area contributed by atoms with Crippen molar-refractivity contribution in [2.24, 2.45) is 0 Å². The Morgan fingerprint density at radius 3 is 3.12 bits per heavy atom. The molecule has 0 saturated carbocycles. The molecule has 0 radical (unpaired) electrons. The van der Waals surface area contributed by atoms with Crippen molar-refractivity contribution in [3.05, 3.63) is 36.3 Å². The molecular weight excluding hydrogens is 216 g/mol. The normalized spacial score (nSPS) is 10.6. The van der Waals surface area contributed by atoms with Crippen LogP contribution in [0.25, 0.3) is 5.65 Å². The van der Waals surface area contributed by atoms with Gasteiger partial charge in [-0.3, -0.25) is 4.79 Å². The fourth-order valence-electron chi connectivity index (χ4n) is 1.62. The summed E-state index contributed by atoms with van der Waals surface area (Å²) < 4.78 is 1.98. The number of imidazole rings is 1. The Balaban J connectivity index is 1.85. The summed E-state index contributed by atoms with van der Waals surface area (Å²) in [5.41, 5.74) is 1.92. The molecule has 2 aromatic rings. The molecule has 0 aliphatic heterocycles. The minimum atomic E-state index is 0.0486.